The number of carbonyl (C=O) groups excluding carboxylic acids is 5. The van der Waals surface area contributed by atoms with E-state index in [1.807, 2.05) is 0 Å². The maximum absolute atomic E-state index is 14.1. The van der Waals surface area contributed by atoms with Crippen LogP contribution in [0, 0.1) is 11.3 Å². The average Bonchev–Trinajstić information content (AvgIpc) is 3.39. The number of aromatic nitrogens is 1. The van der Waals surface area contributed by atoms with Gasteiger partial charge in [0.15, 0.2) is 24.4 Å². The number of ether oxygens (including phenoxy) is 6. The number of aliphatic hydroxyl groups is 1. The molecule has 274 valence electrons. The monoisotopic (exact) mass is 715 g/mol. The van der Waals surface area contributed by atoms with Gasteiger partial charge < -0.3 is 33.5 Å². The smallest absolute Gasteiger partial charge is 0.340 e. The zero-order valence-corrected chi connectivity index (χ0v) is 29.6. The first-order valence-electron chi connectivity index (χ1n) is 16.9. The quantitative estimate of drug-likeness (QED) is 0.259. The molecule has 6 rings (SSSR count). The summed E-state index contributed by atoms with van der Waals surface area (Å²) in [6.07, 6.45) is -5.11. The first-order valence-corrected chi connectivity index (χ1v) is 16.9. The Balaban J connectivity index is 1.61. The van der Waals surface area contributed by atoms with Crippen molar-refractivity contribution in [2.45, 2.75) is 95.3 Å². The topological polar surface area (TPSA) is 174 Å². The van der Waals surface area contributed by atoms with Crippen LogP contribution < -0.4 is 0 Å². The molecule has 1 saturated heterocycles. The second-order valence-corrected chi connectivity index (χ2v) is 14.4. The van der Waals surface area contributed by atoms with E-state index in [0.29, 0.717) is 0 Å². The Morgan fingerprint density at radius 2 is 1.15 bits per heavy atom. The van der Waals surface area contributed by atoms with Gasteiger partial charge in [-0.05, 0) is 70.5 Å². The van der Waals surface area contributed by atoms with Crippen LogP contribution in [-0.2, 0) is 38.0 Å². The number of carbonyl (C=O) groups is 5. The Morgan fingerprint density at radius 1 is 0.654 bits per heavy atom. The van der Waals surface area contributed by atoms with Gasteiger partial charge in [0.2, 0.25) is 0 Å². The minimum absolute atomic E-state index is 0.0225. The van der Waals surface area contributed by atoms with Crippen molar-refractivity contribution >= 4 is 29.8 Å². The number of fused-ring (bicyclic) bond motifs is 1. The fourth-order valence-corrected chi connectivity index (χ4v) is 8.43. The molecular weight excluding hydrogens is 674 g/mol. The Kier molecular flexibility index (Phi) is 9.47. The molecule has 3 fully saturated rings. The van der Waals surface area contributed by atoms with Gasteiger partial charge in [0.25, 0.3) is 0 Å². The van der Waals surface area contributed by atoms with E-state index in [9.17, 15) is 29.1 Å². The van der Waals surface area contributed by atoms with Crippen molar-refractivity contribution in [3.05, 3.63) is 102 Å². The maximum Gasteiger partial charge on any atom is 0.340 e. The van der Waals surface area contributed by atoms with Crippen LogP contribution in [0.5, 0.6) is 0 Å². The highest BCUT2D eigenvalue weighted by Crippen LogP contribution is 2.69. The van der Waals surface area contributed by atoms with E-state index in [4.69, 9.17) is 28.4 Å². The Bertz CT molecular complexity index is 1850. The summed E-state index contributed by atoms with van der Waals surface area (Å²) >= 11 is 0. The van der Waals surface area contributed by atoms with Crippen LogP contribution in [0.1, 0.15) is 79.0 Å². The lowest BCUT2D eigenvalue weighted by atomic mass is 9.46. The summed E-state index contributed by atoms with van der Waals surface area (Å²) in [6.45, 7) is 8.64. The summed E-state index contributed by atoms with van der Waals surface area (Å²) in [7, 11) is 0. The third-order valence-corrected chi connectivity index (χ3v) is 10.8. The standard InChI is InChI=1S/C39H41NO12/c1-22(41)47-29-31(51-35(45)26-18-13-19-40-21-26)37(5)30(50-34(44)25-16-11-8-12-17-25)28(49-33(43)24-14-9-7-10-15-24)27-20-39(37,52-36(27,3)4)38(6,46)32(29)48-23(2)42/h7-19,21,27-32,46H,20H2,1-6H3/t27-,28-,29+,30+,31-,32-,37+,38-,39+/m0/s1. The lowest BCUT2D eigenvalue weighted by Gasteiger charge is -2.66. The number of nitrogens with zero attached hydrogens (tertiary/aromatic N) is 1. The summed E-state index contributed by atoms with van der Waals surface area (Å²) in [5.74, 6) is -4.89. The molecule has 2 aromatic carbocycles. The lowest BCUT2D eigenvalue weighted by molar-refractivity contribution is -0.356. The predicted molar refractivity (Wildman–Crippen MR) is 181 cm³/mol. The van der Waals surface area contributed by atoms with Crippen molar-refractivity contribution < 1.29 is 57.5 Å². The fourth-order valence-electron chi connectivity index (χ4n) is 8.43. The number of pyridine rings is 1. The zero-order valence-electron chi connectivity index (χ0n) is 29.6. The molecule has 13 heteroatoms. The Morgan fingerprint density at radius 3 is 1.67 bits per heavy atom. The minimum atomic E-state index is -2.21. The van der Waals surface area contributed by atoms with Crippen molar-refractivity contribution in [3.63, 3.8) is 0 Å². The fraction of sp³-hybridized carbons (Fsp3) is 0.436. The van der Waals surface area contributed by atoms with Gasteiger partial charge in [0.05, 0.1) is 27.7 Å². The first-order chi connectivity index (χ1) is 24.5. The maximum atomic E-state index is 14.1. The van der Waals surface area contributed by atoms with Crippen LogP contribution in [0.4, 0.5) is 0 Å². The van der Waals surface area contributed by atoms with E-state index in [1.165, 1.54) is 31.5 Å². The van der Waals surface area contributed by atoms with Crippen LogP contribution in [0.15, 0.2) is 85.2 Å². The molecule has 2 bridgehead atoms. The third kappa shape index (κ3) is 6.01. The van der Waals surface area contributed by atoms with Crippen molar-refractivity contribution in [2.24, 2.45) is 11.3 Å². The number of benzene rings is 2. The van der Waals surface area contributed by atoms with Gasteiger partial charge in [-0.3, -0.25) is 14.6 Å². The van der Waals surface area contributed by atoms with Crippen molar-refractivity contribution in [1.29, 1.82) is 0 Å². The van der Waals surface area contributed by atoms with Crippen molar-refractivity contribution in [2.75, 3.05) is 0 Å². The molecule has 0 unspecified atom stereocenters. The molecule has 1 aromatic heterocycles. The van der Waals surface area contributed by atoms with E-state index < -0.39 is 88.5 Å². The normalized spacial score (nSPS) is 32.8. The van der Waals surface area contributed by atoms with E-state index in [1.54, 1.807) is 81.4 Å². The second kappa shape index (κ2) is 13.4. The van der Waals surface area contributed by atoms with Crippen LogP contribution in [-0.4, -0.2) is 87.3 Å². The van der Waals surface area contributed by atoms with Gasteiger partial charge in [-0.1, -0.05) is 36.4 Å². The zero-order chi connectivity index (χ0) is 37.6. The summed E-state index contributed by atoms with van der Waals surface area (Å²) in [5.41, 5.74) is -6.75. The minimum Gasteiger partial charge on any atom is -0.455 e. The summed E-state index contributed by atoms with van der Waals surface area (Å²) < 4.78 is 37.4. The van der Waals surface area contributed by atoms with Crippen LogP contribution in [0.2, 0.25) is 0 Å². The van der Waals surface area contributed by atoms with Gasteiger partial charge >= 0.3 is 29.8 Å². The Hall–Kier alpha value is -5.14. The first kappa shape index (κ1) is 36.6. The van der Waals surface area contributed by atoms with Crippen LogP contribution in [0.25, 0.3) is 0 Å². The van der Waals surface area contributed by atoms with Gasteiger partial charge in [0.1, 0.15) is 17.3 Å². The van der Waals surface area contributed by atoms with Crippen LogP contribution >= 0.6 is 0 Å². The van der Waals surface area contributed by atoms with Crippen LogP contribution in [0.3, 0.4) is 0 Å². The number of hydrogen-bond acceptors (Lipinski definition) is 13. The van der Waals surface area contributed by atoms with E-state index >= 15 is 0 Å². The Labute approximate surface area is 300 Å². The molecule has 0 amide bonds. The van der Waals surface area contributed by atoms with E-state index in [0.717, 1.165) is 13.8 Å². The van der Waals surface area contributed by atoms with Crippen molar-refractivity contribution in [3.8, 4) is 0 Å². The highest BCUT2D eigenvalue weighted by molar-refractivity contribution is 5.91. The predicted octanol–water partition coefficient (Wildman–Crippen LogP) is 4.26. The average molecular weight is 716 g/mol. The van der Waals surface area contributed by atoms with E-state index in [2.05, 4.69) is 4.98 Å². The molecule has 2 heterocycles. The SMILES string of the molecule is CC(=O)O[C@@H]1[C@H](OC(=O)c2cccnc2)[C@@]2(C)[C@H](OC(=O)c3ccccc3)[C@@H](OC(=O)c3ccccc3)[C@@H]3C[C@]2(OC3(C)C)[C@@](C)(O)[C@H]1OC(C)=O. The van der Waals surface area contributed by atoms with Gasteiger partial charge in [-0.2, -0.15) is 0 Å². The molecule has 2 aliphatic carbocycles. The van der Waals surface area contributed by atoms with Gasteiger partial charge in [0, 0.05) is 32.2 Å². The van der Waals surface area contributed by atoms with Gasteiger partial charge in [-0.25, -0.2) is 14.4 Å². The molecule has 52 heavy (non-hydrogen) atoms. The molecule has 1 N–H and O–H groups in total. The molecule has 13 nitrogen and oxygen atoms in total. The summed E-state index contributed by atoms with van der Waals surface area (Å²) in [6, 6.07) is 19.3. The van der Waals surface area contributed by atoms with Crippen molar-refractivity contribution in [1.82, 2.24) is 4.98 Å². The molecular formula is C39H41NO12. The number of hydrogen-bond donors (Lipinski definition) is 1. The number of rotatable bonds is 8. The lowest BCUT2D eigenvalue weighted by Crippen LogP contribution is -2.84. The summed E-state index contributed by atoms with van der Waals surface area (Å²) in [4.78, 5) is 71.4. The van der Waals surface area contributed by atoms with E-state index in [-0.39, 0.29) is 23.1 Å². The molecule has 3 aromatic rings. The molecule has 1 aliphatic heterocycles. The molecule has 2 saturated carbocycles. The second-order valence-electron chi connectivity index (χ2n) is 14.4. The molecule has 3 aliphatic rings. The largest absolute Gasteiger partial charge is 0.455 e. The molecule has 0 radical (unpaired) electrons. The highest BCUT2D eigenvalue weighted by atomic mass is 16.6. The molecule has 1 spiro atoms. The third-order valence-electron chi connectivity index (χ3n) is 10.8. The van der Waals surface area contributed by atoms with Gasteiger partial charge in [-0.15, -0.1) is 0 Å². The summed E-state index contributed by atoms with van der Waals surface area (Å²) in [5, 5.41) is 12.8. The number of esters is 5. The highest BCUT2D eigenvalue weighted by Gasteiger charge is 2.85. The molecule has 9 atom stereocenters.